The molecule has 0 aliphatic heterocycles. The molecule has 0 spiro atoms. The summed E-state index contributed by atoms with van der Waals surface area (Å²) in [5, 5.41) is 10.9. The highest BCUT2D eigenvalue weighted by Gasteiger charge is 2.08. The monoisotopic (exact) mass is 423 g/mol. The van der Waals surface area contributed by atoms with Gasteiger partial charge in [0.25, 0.3) is 0 Å². The predicted octanol–water partition coefficient (Wildman–Crippen LogP) is 7.04. The van der Waals surface area contributed by atoms with Crippen molar-refractivity contribution in [1.29, 1.82) is 5.26 Å². The second-order valence-corrected chi connectivity index (χ2v) is 7.11. The lowest BCUT2D eigenvalue weighted by atomic mass is 10.0. The number of halogens is 2. The molecule has 0 unspecified atom stereocenters. The number of rotatable bonds is 7. The minimum Gasteiger partial charge on any atom is -0.490 e. The summed E-state index contributed by atoms with van der Waals surface area (Å²) in [5.74, 6) is 1.26. The van der Waals surface area contributed by atoms with Gasteiger partial charge in [-0.3, -0.25) is 0 Å². The fraction of sp³-hybridized carbons (Fsp3) is 0.125. The van der Waals surface area contributed by atoms with Gasteiger partial charge in [-0.1, -0.05) is 53.5 Å². The Hall–Kier alpha value is -2.93. The molecule has 3 aromatic rings. The molecular formula is C24H19Cl2NO2. The third kappa shape index (κ3) is 5.77. The highest BCUT2D eigenvalue weighted by molar-refractivity contribution is 6.30. The minimum absolute atomic E-state index is 0.379. The molecule has 0 atom stereocenters. The number of ether oxygens (including phenoxy) is 2. The van der Waals surface area contributed by atoms with E-state index in [1.807, 2.05) is 67.6 Å². The molecule has 0 radical (unpaired) electrons. The maximum atomic E-state index is 9.55. The fourth-order valence-corrected chi connectivity index (χ4v) is 3.10. The Bertz CT molecular complexity index is 1050. The normalized spacial score (nSPS) is 11.0. The number of nitriles is 1. The van der Waals surface area contributed by atoms with Crippen LogP contribution in [0.4, 0.5) is 0 Å². The summed E-state index contributed by atoms with van der Waals surface area (Å²) in [4.78, 5) is 0. The van der Waals surface area contributed by atoms with Crippen molar-refractivity contribution < 1.29 is 9.47 Å². The Morgan fingerprint density at radius 2 is 1.72 bits per heavy atom. The van der Waals surface area contributed by atoms with Gasteiger partial charge in [0.15, 0.2) is 11.5 Å². The van der Waals surface area contributed by atoms with Crippen LogP contribution in [0.25, 0.3) is 11.6 Å². The highest BCUT2D eigenvalue weighted by atomic mass is 35.5. The molecule has 0 amide bonds. The van der Waals surface area contributed by atoms with Gasteiger partial charge in [-0.2, -0.15) is 5.26 Å². The fourth-order valence-electron chi connectivity index (χ4n) is 2.77. The van der Waals surface area contributed by atoms with Gasteiger partial charge in [-0.15, -0.1) is 0 Å². The molecular weight excluding hydrogens is 405 g/mol. The average molecular weight is 424 g/mol. The molecule has 0 saturated carbocycles. The molecule has 0 heterocycles. The van der Waals surface area contributed by atoms with Gasteiger partial charge in [0.2, 0.25) is 0 Å². The van der Waals surface area contributed by atoms with Crippen molar-refractivity contribution in [2.75, 3.05) is 6.61 Å². The maximum Gasteiger partial charge on any atom is 0.161 e. The second kappa shape index (κ2) is 10.0. The van der Waals surface area contributed by atoms with E-state index in [1.165, 1.54) is 0 Å². The lowest BCUT2D eigenvalue weighted by molar-refractivity contribution is 0.269. The number of hydrogen-bond donors (Lipinski definition) is 0. The van der Waals surface area contributed by atoms with Gasteiger partial charge in [0, 0.05) is 10.0 Å². The quantitative estimate of drug-likeness (QED) is 0.302. The zero-order valence-electron chi connectivity index (χ0n) is 15.9. The van der Waals surface area contributed by atoms with Crippen LogP contribution in [0.5, 0.6) is 11.5 Å². The van der Waals surface area contributed by atoms with Crippen molar-refractivity contribution in [2.24, 2.45) is 0 Å². The summed E-state index contributed by atoms with van der Waals surface area (Å²) < 4.78 is 11.7. The summed E-state index contributed by atoms with van der Waals surface area (Å²) in [7, 11) is 0. The molecule has 3 rings (SSSR count). The van der Waals surface area contributed by atoms with Crippen LogP contribution in [-0.2, 0) is 6.61 Å². The Morgan fingerprint density at radius 1 is 0.931 bits per heavy atom. The Kier molecular flexibility index (Phi) is 7.19. The van der Waals surface area contributed by atoms with Gasteiger partial charge in [-0.05, 0) is 66.1 Å². The Balaban J connectivity index is 1.84. The first-order valence-corrected chi connectivity index (χ1v) is 9.86. The van der Waals surface area contributed by atoms with Crippen LogP contribution in [0.1, 0.15) is 23.6 Å². The standard InChI is InChI=1S/C24H19Cl2NO2/c1-2-28-24-14-17(12-20(15-27)19-7-9-21(25)10-8-19)6-11-23(24)29-16-18-4-3-5-22(26)13-18/h3-14H,2,16H2,1H3/b20-12+. The van der Waals surface area contributed by atoms with Crippen LogP contribution in [0.15, 0.2) is 66.7 Å². The van der Waals surface area contributed by atoms with Crippen molar-refractivity contribution >= 4 is 34.9 Å². The van der Waals surface area contributed by atoms with E-state index >= 15 is 0 Å². The molecule has 0 N–H and O–H groups in total. The van der Waals surface area contributed by atoms with E-state index in [0.717, 1.165) is 16.7 Å². The molecule has 29 heavy (non-hydrogen) atoms. The van der Waals surface area contributed by atoms with E-state index in [0.29, 0.717) is 40.3 Å². The zero-order valence-corrected chi connectivity index (χ0v) is 17.4. The topological polar surface area (TPSA) is 42.2 Å². The van der Waals surface area contributed by atoms with Crippen LogP contribution in [0.3, 0.4) is 0 Å². The molecule has 0 aliphatic rings. The molecule has 3 aromatic carbocycles. The molecule has 3 nitrogen and oxygen atoms in total. The lowest BCUT2D eigenvalue weighted by Crippen LogP contribution is -2.00. The van der Waals surface area contributed by atoms with Crippen LogP contribution in [0.2, 0.25) is 10.0 Å². The highest BCUT2D eigenvalue weighted by Crippen LogP contribution is 2.31. The second-order valence-electron chi connectivity index (χ2n) is 6.23. The van der Waals surface area contributed by atoms with E-state index in [9.17, 15) is 5.26 Å². The minimum atomic E-state index is 0.379. The van der Waals surface area contributed by atoms with Gasteiger partial charge >= 0.3 is 0 Å². The van der Waals surface area contributed by atoms with E-state index < -0.39 is 0 Å². The van der Waals surface area contributed by atoms with Crippen LogP contribution in [-0.4, -0.2) is 6.61 Å². The smallest absolute Gasteiger partial charge is 0.161 e. The van der Waals surface area contributed by atoms with Crippen LogP contribution in [0, 0.1) is 11.3 Å². The summed E-state index contributed by atoms with van der Waals surface area (Å²) in [5.41, 5.74) is 3.15. The molecule has 5 heteroatoms. The van der Waals surface area contributed by atoms with Crippen molar-refractivity contribution in [3.05, 3.63) is 93.5 Å². The van der Waals surface area contributed by atoms with Crippen molar-refractivity contribution in [3.8, 4) is 17.6 Å². The molecule has 0 aromatic heterocycles. The number of allylic oxidation sites excluding steroid dienone is 1. The summed E-state index contributed by atoms with van der Waals surface area (Å²) in [6.07, 6.45) is 1.81. The van der Waals surface area contributed by atoms with E-state index in [4.69, 9.17) is 32.7 Å². The van der Waals surface area contributed by atoms with E-state index in [1.54, 1.807) is 12.1 Å². The largest absolute Gasteiger partial charge is 0.490 e. The average Bonchev–Trinajstić information content (AvgIpc) is 2.72. The number of benzene rings is 3. The van der Waals surface area contributed by atoms with Gasteiger partial charge in [0.05, 0.1) is 18.2 Å². The maximum absolute atomic E-state index is 9.55. The summed E-state index contributed by atoms with van der Waals surface area (Å²) in [6, 6.07) is 22.5. The Morgan fingerprint density at radius 3 is 2.41 bits per heavy atom. The molecule has 0 saturated heterocycles. The van der Waals surface area contributed by atoms with Crippen LogP contribution >= 0.6 is 23.2 Å². The van der Waals surface area contributed by atoms with Gasteiger partial charge in [0.1, 0.15) is 6.61 Å². The molecule has 0 aliphatic carbocycles. The van der Waals surface area contributed by atoms with Crippen molar-refractivity contribution in [2.45, 2.75) is 13.5 Å². The predicted molar refractivity (Wildman–Crippen MR) is 118 cm³/mol. The third-order valence-corrected chi connectivity index (χ3v) is 4.62. The molecule has 146 valence electrons. The van der Waals surface area contributed by atoms with Crippen LogP contribution < -0.4 is 9.47 Å². The SMILES string of the molecule is CCOc1cc(/C=C(\C#N)c2ccc(Cl)cc2)ccc1OCc1cccc(Cl)c1. The van der Waals surface area contributed by atoms with Crippen molar-refractivity contribution in [1.82, 2.24) is 0 Å². The first-order chi connectivity index (χ1) is 14.1. The lowest BCUT2D eigenvalue weighted by Gasteiger charge is -2.13. The summed E-state index contributed by atoms with van der Waals surface area (Å²) >= 11 is 12.0. The summed E-state index contributed by atoms with van der Waals surface area (Å²) in [6.45, 7) is 2.80. The first kappa shape index (κ1) is 20.8. The number of hydrogen-bond acceptors (Lipinski definition) is 3. The first-order valence-electron chi connectivity index (χ1n) is 9.11. The molecule has 0 bridgehead atoms. The third-order valence-electron chi connectivity index (χ3n) is 4.14. The van der Waals surface area contributed by atoms with Gasteiger partial charge < -0.3 is 9.47 Å². The van der Waals surface area contributed by atoms with E-state index in [2.05, 4.69) is 6.07 Å². The number of nitrogens with zero attached hydrogens (tertiary/aromatic N) is 1. The Labute approximate surface area is 180 Å². The van der Waals surface area contributed by atoms with Gasteiger partial charge in [-0.25, -0.2) is 0 Å². The van der Waals surface area contributed by atoms with Crippen molar-refractivity contribution in [3.63, 3.8) is 0 Å². The zero-order chi connectivity index (χ0) is 20.6. The molecule has 0 fully saturated rings. The van der Waals surface area contributed by atoms with E-state index in [-0.39, 0.29) is 0 Å².